The van der Waals surface area contributed by atoms with Crippen LogP contribution in [0.3, 0.4) is 0 Å². The number of halogens is 1. The molecule has 3 rings (SSSR count). The SMILES string of the molecule is CC[C@H](C)Oc1ccccc1/C=C1\C(=O)NC(=S)N(c2ccc(F)cc2)C1=O. The van der Waals surface area contributed by atoms with Crippen LogP contribution in [-0.2, 0) is 9.59 Å². The van der Waals surface area contributed by atoms with Crippen molar-refractivity contribution in [3.05, 3.63) is 65.5 Å². The first-order valence-corrected chi connectivity index (χ1v) is 9.24. The molecule has 2 aromatic carbocycles. The quantitative estimate of drug-likeness (QED) is 0.472. The summed E-state index contributed by atoms with van der Waals surface area (Å²) in [5.41, 5.74) is 0.887. The third-order valence-corrected chi connectivity index (χ3v) is 4.59. The Morgan fingerprint density at radius 2 is 1.86 bits per heavy atom. The third-order valence-electron chi connectivity index (χ3n) is 4.31. The van der Waals surface area contributed by atoms with Gasteiger partial charge in [-0.1, -0.05) is 25.1 Å². The number of amides is 2. The van der Waals surface area contributed by atoms with Crippen LogP contribution in [0.5, 0.6) is 5.75 Å². The molecule has 0 saturated carbocycles. The maximum Gasteiger partial charge on any atom is 0.270 e. The van der Waals surface area contributed by atoms with Crippen LogP contribution in [0, 0.1) is 5.82 Å². The predicted octanol–water partition coefficient (Wildman–Crippen LogP) is 3.83. The van der Waals surface area contributed by atoms with Gasteiger partial charge >= 0.3 is 0 Å². The van der Waals surface area contributed by atoms with E-state index in [0.717, 1.165) is 6.42 Å². The highest BCUT2D eigenvalue weighted by Gasteiger charge is 2.34. The number of rotatable bonds is 5. The van der Waals surface area contributed by atoms with Crippen LogP contribution in [0.4, 0.5) is 10.1 Å². The molecule has 0 aliphatic carbocycles. The average Bonchev–Trinajstić information content (AvgIpc) is 2.67. The number of anilines is 1. The van der Waals surface area contributed by atoms with E-state index >= 15 is 0 Å². The Bertz CT molecular complexity index is 956. The van der Waals surface area contributed by atoms with Crippen molar-refractivity contribution in [1.82, 2.24) is 5.32 Å². The molecule has 0 aromatic heterocycles. The summed E-state index contributed by atoms with van der Waals surface area (Å²) in [7, 11) is 0. The molecule has 5 nitrogen and oxygen atoms in total. The summed E-state index contributed by atoms with van der Waals surface area (Å²) in [6.45, 7) is 3.95. The summed E-state index contributed by atoms with van der Waals surface area (Å²) < 4.78 is 19.1. The predicted molar refractivity (Wildman–Crippen MR) is 109 cm³/mol. The number of nitrogens with zero attached hydrogens (tertiary/aromatic N) is 1. The number of nitrogens with one attached hydrogen (secondary N) is 1. The Morgan fingerprint density at radius 1 is 1.18 bits per heavy atom. The monoisotopic (exact) mass is 398 g/mol. The summed E-state index contributed by atoms with van der Waals surface area (Å²) in [4.78, 5) is 26.6. The molecular weight excluding hydrogens is 379 g/mol. The van der Waals surface area contributed by atoms with Crippen molar-refractivity contribution in [1.29, 1.82) is 0 Å². The topological polar surface area (TPSA) is 58.6 Å². The van der Waals surface area contributed by atoms with E-state index in [-0.39, 0.29) is 16.8 Å². The maximum absolute atomic E-state index is 13.2. The number of hydrogen-bond donors (Lipinski definition) is 1. The van der Waals surface area contributed by atoms with E-state index in [9.17, 15) is 14.0 Å². The minimum absolute atomic E-state index is 0.0151. The van der Waals surface area contributed by atoms with E-state index in [0.29, 0.717) is 17.0 Å². The molecule has 2 amide bonds. The van der Waals surface area contributed by atoms with Crippen molar-refractivity contribution in [2.24, 2.45) is 0 Å². The number of para-hydroxylation sites is 1. The third kappa shape index (κ3) is 4.09. The van der Waals surface area contributed by atoms with Gasteiger partial charge in [0.25, 0.3) is 11.8 Å². The van der Waals surface area contributed by atoms with Gasteiger partial charge in [-0.3, -0.25) is 19.8 Å². The average molecular weight is 398 g/mol. The van der Waals surface area contributed by atoms with Crippen molar-refractivity contribution in [3.8, 4) is 5.75 Å². The Hall–Kier alpha value is -3.06. The molecule has 7 heteroatoms. The van der Waals surface area contributed by atoms with Gasteiger partial charge in [0.15, 0.2) is 5.11 Å². The van der Waals surface area contributed by atoms with Crippen LogP contribution in [0.25, 0.3) is 6.08 Å². The second-order valence-electron chi connectivity index (χ2n) is 6.31. The molecule has 1 aliphatic rings. The summed E-state index contributed by atoms with van der Waals surface area (Å²) in [5, 5.41) is 2.46. The second kappa shape index (κ2) is 8.31. The molecule has 1 saturated heterocycles. The lowest BCUT2D eigenvalue weighted by molar-refractivity contribution is -0.122. The zero-order chi connectivity index (χ0) is 20.3. The minimum atomic E-state index is -0.591. The minimum Gasteiger partial charge on any atom is -0.490 e. The van der Waals surface area contributed by atoms with Gasteiger partial charge in [0.05, 0.1) is 11.8 Å². The van der Waals surface area contributed by atoms with Crippen LogP contribution in [0.1, 0.15) is 25.8 Å². The first-order chi connectivity index (χ1) is 13.4. The fourth-order valence-electron chi connectivity index (χ4n) is 2.64. The molecular formula is C21H19FN2O3S. The molecule has 1 fully saturated rings. The van der Waals surface area contributed by atoms with Gasteiger partial charge in [-0.15, -0.1) is 0 Å². The van der Waals surface area contributed by atoms with Crippen LogP contribution in [0.2, 0.25) is 0 Å². The van der Waals surface area contributed by atoms with E-state index in [2.05, 4.69) is 5.32 Å². The zero-order valence-electron chi connectivity index (χ0n) is 15.4. The molecule has 1 aliphatic heterocycles. The molecule has 2 aromatic rings. The summed E-state index contributed by atoms with van der Waals surface area (Å²) >= 11 is 5.14. The lowest BCUT2D eigenvalue weighted by atomic mass is 10.1. The van der Waals surface area contributed by atoms with Gasteiger partial charge in [-0.25, -0.2) is 4.39 Å². The molecule has 1 N–H and O–H groups in total. The zero-order valence-corrected chi connectivity index (χ0v) is 16.3. The highest BCUT2D eigenvalue weighted by molar-refractivity contribution is 7.80. The molecule has 0 unspecified atom stereocenters. The van der Waals surface area contributed by atoms with Crippen molar-refractivity contribution < 1.29 is 18.7 Å². The van der Waals surface area contributed by atoms with E-state index in [1.165, 1.54) is 35.2 Å². The molecule has 1 atom stereocenters. The second-order valence-corrected chi connectivity index (χ2v) is 6.70. The van der Waals surface area contributed by atoms with Gasteiger partial charge < -0.3 is 4.74 Å². The molecule has 0 spiro atoms. The summed E-state index contributed by atoms with van der Waals surface area (Å²) in [5.74, 6) is -1.04. The van der Waals surface area contributed by atoms with Crippen LogP contribution in [0.15, 0.2) is 54.1 Å². The number of thiocarbonyl (C=S) groups is 1. The molecule has 144 valence electrons. The van der Waals surface area contributed by atoms with Gasteiger partial charge in [-0.05, 0) is 62.0 Å². The Balaban J connectivity index is 1.99. The number of ether oxygens (including phenoxy) is 1. The Morgan fingerprint density at radius 3 is 2.54 bits per heavy atom. The van der Waals surface area contributed by atoms with Crippen molar-refractivity contribution in [2.45, 2.75) is 26.4 Å². The van der Waals surface area contributed by atoms with Gasteiger partial charge in [0.2, 0.25) is 0 Å². The fraction of sp³-hybridized carbons (Fsp3) is 0.190. The van der Waals surface area contributed by atoms with Crippen LogP contribution < -0.4 is 15.0 Å². The van der Waals surface area contributed by atoms with Gasteiger partial charge in [0.1, 0.15) is 17.1 Å². The normalized spacial score (nSPS) is 16.9. The Kier molecular flexibility index (Phi) is 5.84. The van der Waals surface area contributed by atoms with E-state index < -0.39 is 17.6 Å². The van der Waals surface area contributed by atoms with Crippen molar-refractivity contribution in [3.63, 3.8) is 0 Å². The number of carbonyl (C=O) groups excluding carboxylic acids is 2. The van der Waals surface area contributed by atoms with Crippen LogP contribution in [-0.4, -0.2) is 23.0 Å². The Labute approximate surface area is 167 Å². The van der Waals surface area contributed by atoms with Gasteiger partial charge in [0, 0.05) is 5.56 Å². The van der Waals surface area contributed by atoms with Gasteiger partial charge in [-0.2, -0.15) is 0 Å². The standard InChI is InChI=1S/C21H19FN2O3S/c1-3-13(2)27-18-7-5-4-6-14(18)12-17-19(25)23-21(28)24(20(17)26)16-10-8-15(22)9-11-16/h4-13H,3H2,1-2H3,(H,23,25,28)/b17-12+/t13-/m0/s1. The van der Waals surface area contributed by atoms with E-state index in [1.807, 2.05) is 19.9 Å². The highest BCUT2D eigenvalue weighted by Crippen LogP contribution is 2.26. The lowest BCUT2D eigenvalue weighted by Crippen LogP contribution is -2.54. The highest BCUT2D eigenvalue weighted by atomic mass is 32.1. The smallest absolute Gasteiger partial charge is 0.270 e. The molecule has 28 heavy (non-hydrogen) atoms. The fourth-order valence-corrected chi connectivity index (χ4v) is 2.93. The van der Waals surface area contributed by atoms with Crippen molar-refractivity contribution >= 4 is 40.9 Å². The molecule has 0 bridgehead atoms. The number of carbonyl (C=O) groups is 2. The summed E-state index contributed by atoms with van der Waals surface area (Å²) in [6.07, 6.45) is 2.28. The van der Waals surface area contributed by atoms with Crippen LogP contribution >= 0.6 is 12.2 Å². The van der Waals surface area contributed by atoms with E-state index in [4.69, 9.17) is 17.0 Å². The number of hydrogen-bond acceptors (Lipinski definition) is 4. The van der Waals surface area contributed by atoms with E-state index in [1.54, 1.807) is 18.2 Å². The first-order valence-electron chi connectivity index (χ1n) is 8.83. The number of benzene rings is 2. The first kappa shape index (κ1) is 19.7. The lowest BCUT2D eigenvalue weighted by Gasteiger charge is -2.29. The molecule has 0 radical (unpaired) electrons. The maximum atomic E-state index is 13.2. The largest absolute Gasteiger partial charge is 0.490 e. The molecule has 1 heterocycles. The summed E-state index contributed by atoms with van der Waals surface area (Å²) in [6, 6.07) is 12.5. The van der Waals surface area contributed by atoms with Crippen molar-refractivity contribution in [2.75, 3.05) is 4.90 Å².